The molecule has 0 N–H and O–H groups in total. The van der Waals surface area contributed by atoms with Gasteiger partial charge >= 0.3 is 0 Å². The first-order chi connectivity index (χ1) is 13.6. The van der Waals surface area contributed by atoms with Crippen molar-refractivity contribution in [3.63, 3.8) is 0 Å². The largest absolute Gasteiger partial charge is 0.491 e. The van der Waals surface area contributed by atoms with Gasteiger partial charge in [0.05, 0.1) is 22.0 Å². The first-order valence-electron chi connectivity index (χ1n) is 9.35. The Labute approximate surface area is 172 Å². The standard InChI is InChI=1S/C20H25NO6S2/c1-15(2)26-17-6-10-19(11-7-17)28(22,23)21-13-12-18(14-21)27-29(24,25)20-8-4-16(3)5-9-20/h4-11,15,18H,12-14H2,1-3H3/t18-/m1/s1. The van der Waals surface area contributed by atoms with Crippen LogP contribution in [0.25, 0.3) is 0 Å². The molecule has 1 atom stereocenters. The van der Waals surface area contributed by atoms with E-state index in [2.05, 4.69) is 0 Å². The van der Waals surface area contributed by atoms with Crippen molar-refractivity contribution in [2.24, 2.45) is 0 Å². The Morgan fingerprint density at radius 3 is 2.10 bits per heavy atom. The summed E-state index contributed by atoms with van der Waals surface area (Å²) in [6.07, 6.45) is -0.428. The maximum Gasteiger partial charge on any atom is 0.297 e. The van der Waals surface area contributed by atoms with Gasteiger partial charge in [-0.25, -0.2) is 8.42 Å². The van der Waals surface area contributed by atoms with E-state index in [0.717, 1.165) is 5.56 Å². The highest BCUT2D eigenvalue weighted by Crippen LogP contribution is 2.26. The summed E-state index contributed by atoms with van der Waals surface area (Å²) in [4.78, 5) is 0.195. The van der Waals surface area contributed by atoms with Gasteiger partial charge in [0.1, 0.15) is 5.75 Å². The van der Waals surface area contributed by atoms with Crippen LogP contribution in [0.1, 0.15) is 25.8 Å². The maximum absolute atomic E-state index is 12.9. The summed E-state index contributed by atoms with van der Waals surface area (Å²) in [5.74, 6) is 0.589. The zero-order valence-corrected chi connectivity index (χ0v) is 18.2. The lowest BCUT2D eigenvalue weighted by Crippen LogP contribution is -2.31. The van der Waals surface area contributed by atoms with Gasteiger partial charge in [0.15, 0.2) is 0 Å². The van der Waals surface area contributed by atoms with E-state index in [0.29, 0.717) is 12.2 Å². The predicted molar refractivity (Wildman–Crippen MR) is 109 cm³/mol. The van der Waals surface area contributed by atoms with Crippen molar-refractivity contribution in [3.05, 3.63) is 54.1 Å². The maximum atomic E-state index is 12.9. The SMILES string of the molecule is Cc1ccc(S(=O)(=O)O[C@@H]2CCN(S(=O)(=O)c3ccc(OC(C)C)cc3)C2)cc1. The van der Waals surface area contributed by atoms with Crippen molar-refractivity contribution in [1.82, 2.24) is 4.31 Å². The summed E-state index contributed by atoms with van der Waals surface area (Å²) >= 11 is 0. The van der Waals surface area contributed by atoms with E-state index >= 15 is 0 Å². The summed E-state index contributed by atoms with van der Waals surface area (Å²) in [7, 11) is -7.69. The third-order valence-corrected chi connectivity index (χ3v) is 7.77. The molecule has 0 amide bonds. The molecule has 2 aromatic carbocycles. The predicted octanol–water partition coefficient (Wildman–Crippen LogP) is 2.95. The monoisotopic (exact) mass is 439 g/mol. The van der Waals surface area contributed by atoms with E-state index in [1.807, 2.05) is 20.8 Å². The van der Waals surface area contributed by atoms with Gasteiger partial charge in [0.25, 0.3) is 10.1 Å². The van der Waals surface area contributed by atoms with E-state index in [1.54, 1.807) is 24.3 Å². The zero-order valence-electron chi connectivity index (χ0n) is 16.6. The fraction of sp³-hybridized carbons (Fsp3) is 0.400. The lowest BCUT2D eigenvalue weighted by atomic mass is 10.2. The van der Waals surface area contributed by atoms with Crippen LogP contribution in [-0.2, 0) is 24.3 Å². The molecule has 158 valence electrons. The quantitative estimate of drug-likeness (QED) is 0.616. The molecule has 1 aliphatic heterocycles. The average molecular weight is 440 g/mol. The van der Waals surface area contributed by atoms with Gasteiger partial charge < -0.3 is 4.74 Å². The van der Waals surface area contributed by atoms with Crippen LogP contribution in [0.2, 0.25) is 0 Å². The molecule has 29 heavy (non-hydrogen) atoms. The van der Waals surface area contributed by atoms with E-state index in [-0.39, 0.29) is 29.0 Å². The lowest BCUT2D eigenvalue weighted by Gasteiger charge is -2.17. The van der Waals surface area contributed by atoms with E-state index < -0.39 is 26.2 Å². The third kappa shape index (κ3) is 5.16. The molecule has 2 aromatic rings. The summed E-state index contributed by atoms with van der Waals surface area (Å²) in [5, 5.41) is 0. The van der Waals surface area contributed by atoms with Crippen LogP contribution in [0, 0.1) is 6.92 Å². The van der Waals surface area contributed by atoms with Gasteiger partial charge in [-0.05, 0) is 63.6 Å². The number of ether oxygens (including phenoxy) is 1. The van der Waals surface area contributed by atoms with Crippen LogP contribution >= 0.6 is 0 Å². The molecule has 7 nitrogen and oxygen atoms in total. The first kappa shape index (κ1) is 21.8. The first-order valence-corrected chi connectivity index (χ1v) is 12.2. The molecular weight excluding hydrogens is 414 g/mol. The lowest BCUT2D eigenvalue weighted by molar-refractivity contribution is 0.222. The molecule has 1 fully saturated rings. The van der Waals surface area contributed by atoms with Crippen LogP contribution in [0.3, 0.4) is 0 Å². The number of sulfonamides is 1. The van der Waals surface area contributed by atoms with Gasteiger partial charge in [-0.1, -0.05) is 17.7 Å². The molecular formula is C20H25NO6S2. The molecule has 1 aliphatic rings. The van der Waals surface area contributed by atoms with Crippen LogP contribution in [0.15, 0.2) is 58.3 Å². The number of hydrogen-bond acceptors (Lipinski definition) is 6. The Bertz CT molecular complexity index is 1050. The number of hydrogen-bond donors (Lipinski definition) is 0. The van der Waals surface area contributed by atoms with Gasteiger partial charge in [0, 0.05) is 13.1 Å². The molecule has 0 spiro atoms. The highest BCUT2D eigenvalue weighted by atomic mass is 32.2. The van der Waals surface area contributed by atoms with E-state index in [1.165, 1.54) is 28.6 Å². The average Bonchev–Trinajstić information content (AvgIpc) is 3.10. The normalized spacial score (nSPS) is 18.3. The number of aryl methyl sites for hydroxylation is 1. The second-order valence-electron chi connectivity index (χ2n) is 7.28. The van der Waals surface area contributed by atoms with Gasteiger partial charge in [-0.2, -0.15) is 12.7 Å². The van der Waals surface area contributed by atoms with Crippen LogP contribution in [-0.4, -0.2) is 46.4 Å². The van der Waals surface area contributed by atoms with Crippen molar-refractivity contribution < 1.29 is 25.8 Å². The van der Waals surface area contributed by atoms with E-state index in [4.69, 9.17) is 8.92 Å². The molecule has 0 saturated carbocycles. The topological polar surface area (TPSA) is 90.0 Å². The summed E-state index contributed by atoms with van der Waals surface area (Å²) in [6, 6.07) is 12.5. The number of rotatable bonds is 7. The summed E-state index contributed by atoms with van der Waals surface area (Å²) < 4.78 is 62.7. The van der Waals surface area contributed by atoms with Crippen LogP contribution in [0.5, 0.6) is 5.75 Å². The molecule has 0 radical (unpaired) electrons. The van der Waals surface area contributed by atoms with Gasteiger partial charge in [-0.3, -0.25) is 4.18 Å². The third-order valence-electron chi connectivity index (χ3n) is 4.51. The molecule has 0 unspecified atom stereocenters. The van der Waals surface area contributed by atoms with Crippen molar-refractivity contribution in [3.8, 4) is 5.75 Å². The summed E-state index contributed by atoms with van der Waals surface area (Å²) in [5.41, 5.74) is 0.937. The fourth-order valence-corrected chi connectivity index (χ4v) is 5.63. The Balaban J connectivity index is 1.68. The Hall–Kier alpha value is -1.94. The van der Waals surface area contributed by atoms with Crippen LogP contribution in [0.4, 0.5) is 0 Å². The molecule has 1 heterocycles. The number of benzene rings is 2. The highest BCUT2D eigenvalue weighted by molar-refractivity contribution is 7.89. The summed E-state index contributed by atoms with van der Waals surface area (Å²) in [6.45, 7) is 5.82. The zero-order chi connectivity index (χ0) is 21.2. The van der Waals surface area contributed by atoms with E-state index in [9.17, 15) is 16.8 Å². The van der Waals surface area contributed by atoms with Crippen LogP contribution < -0.4 is 4.74 Å². The van der Waals surface area contributed by atoms with Crippen molar-refractivity contribution in [2.45, 2.75) is 49.2 Å². The fourth-order valence-electron chi connectivity index (χ4n) is 3.05. The minimum absolute atomic E-state index is 0.00979. The van der Waals surface area contributed by atoms with Gasteiger partial charge in [0.2, 0.25) is 10.0 Å². The second-order valence-corrected chi connectivity index (χ2v) is 10.8. The van der Waals surface area contributed by atoms with Crippen molar-refractivity contribution >= 4 is 20.1 Å². The minimum atomic E-state index is -3.95. The molecule has 9 heteroatoms. The van der Waals surface area contributed by atoms with Crippen molar-refractivity contribution in [2.75, 3.05) is 13.1 Å². The smallest absolute Gasteiger partial charge is 0.297 e. The molecule has 0 bridgehead atoms. The molecule has 1 saturated heterocycles. The molecule has 0 aromatic heterocycles. The second kappa shape index (κ2) is 8.43. The molecule has 0 aliphatic carbocycles. The molecule has 3 rings (SSSR count). The Morgan fingerprint density at radius 2 is 1.52 bits per heavy atom. The number of nitrogens with zero attached hydrogens (tertiary/aromatic N) is 1. The minimum Gasteiger partial charge on any atom is -0.491 e. The van der Waals surface area contributed by atoms with Crippen molar-refractivity contribution in [1.29, 1.82) is 0 Å². The Morgan fingerprint density at radius 1 is 0.931 bits per heavy atom. The Kier molecular flexibility index (Phi) is 6.33. The van der Waals surface area contributed by atoms with Gasteiger partial charge in [-0.15, -0.1) is 0 Å². The highest BCUT2D eigenvalue weighted by Gasteiger charge is 2.35.